The van der Waals surface area contributed by atoms with Crippen molar-refractivity contribution in [2.75, 3.05) is 12.3 Å². The van der Waals surface area contributed by atoms with Crippen LogP contribution in [0.5, 0.6) is 0 Å². The number of benzene rings is 2. The van der Waals surface area contributed by atoms with Gasteiger partial charge in [0, 0.05) is 24.9 Å². The fraction of sp³-hybridized carbons (Fsp3) is 0.360. The van der Waals surface area contributed by atoms with Gasteiger partial charge in [-0.25, -0.2) is 23.1 Å². The van der Waals surface area contributed by atoms with Crippen molar-refractivity contribution in [3.8, 4) is 0 Å². The van der Waals surface area contributed by atoms with Gasteiger partial charge in [-0.3, -0.25) is 0 Å². The zero-order chi connectivity index (χ0) is 23.4. The maximum absolute atomic E-state index is 12.5. The molecule has 0 unspecified atom stereocenters. The van der Waals surface area contributed by atoms with Gasteiger partial charge in [-0.1, -0.05) is 49.2 Å². The van der Waals surface area contributed by atoms with Crippen LogP contribution in [-0.2, 0) is 23.0 Å². The number of nitrogens with one attached hydrogen (secondary N) is 1. The van der Waals surface area contributed by atoms with Crippen LogP contribution < -0.4 is 10.5 Å². The molecule has 0 aliphatic rings. The van der Waals surface area contributed by atoms with Gasteiger partial charge in [0.25, 0.3) is 0 Å². The summed E-state index contributed by atoms with van der Waals surface area (Å²) in [6, 6.07) is 14.9. The van der Waals surface area contributed by atoms with E-state index in [9.17, 15) is 8.42 Å². The Morgan fingerprint density at radius 1 is 1.00 bits per heavy atom. The minimum atomic E-state index is -3.49. The number of aryl methyl sites for hydroxylation is 3. The molecule has 4 aromatic rings. The molecule has 0 amide bonds. The van der Waals surface area contributed by atoms with Gasteiger partial charge in [-0.05, 0) is 44.4 Å². The van der Waals surface area contributed by atoms with Crippen LogP contribution >= 0.6 is 0 Å². The van der Waals surface area contributed by atoms with Crippen molar-refractivity contribution in [2.45, 2.75) is 57.4 Å². The summed E-state index contributed by atoms with van der Waals surface area (Å²) in [5, 5.41) is 1.04. The lowest BCUT2D eigenvalue weighted by Gasteiger charge is -2.11. The van der Waals surface area contributed by atoms with Crippen molar-refractivity contribution in [2.24, 2.45) is 0 Å². The predicted octanol–water partition coefficient (Wildman–Crippen LogP) is 4.58. The van der Waals surface area contributed by atoms with Gasteiger partial charge in [0.1, 0.15) is 11.3 Å². The van der Waals surface area contributed by atoms with Crippen molar-refractivity contribution in [3.63, 3.8) is 0 Å². The number of para-hydroxylation sites is 1. The highest BCUT2D eigenvalue weighted by molar-refractivity contribution is 7.89. The lowest BCUT2D eigenvalue weighted by atomic mass is 10.2. The Bertz CT molecular complexity index is 1360. The summed E-state index contributed by atoms with van der Waals surface area (Å²) < 4.78 is 30.0. The third-order valence-electron chi connectivity index (χ3n) is 5.88. The third kappa shape index (κ3) is 5.02. The second-order valence-corrected chi connectivity index (χ2v) is 10.2. The Morgan fingerprint density at radius 2 is 1.76 bits per heavy atom. The summed E-state index contributed by atoms with van der Waals surface area (Å²) in [4.78, 5) is 9.68. The first-order valence-corrected chi connectivity index (χ1v) is 13.0. The van der Waals surface area contributed by atoms with E-state index in [1.54, 1.807) is 24.3 Å². The van der Waals surface area contributed by atoms with E-state index in [-0.39, 0.29) is 0 Å². The number of rotatable bonds is 10. The first kappa shape index (κ1) is 23.2. The van der Waals surface area contributed by atoms with Crippen molar-refractivity contribution >= 4 is 37.8 Å². The first-order valence-electron chi connectivity index (χ1n) is 11.5. The number of hydrogen-bond acceptors (Lipinski definition) is 5. The molecule has 0 saturated heterocycles. The molecule has 2 aromatic carbocycles. The average molecular weight is 466 g/mol. The Labute approximate surface area is 195 Å². The molecule has 0 atom stereocenters. The largest absolute Gasteiger partial charge is 0.382 e. The molecule has 3 N–H and O–H groups in total. The fourth-order valence-electron chi connectivity index (χ4n) is 4.07. The number of nitrogen functional groups attached to an aromatic ring is 1. The predicted molar refractivity (Wildman–Crippen MR) is 134 cm³/mol. The van der Waals surface area contributed by atoms with E-state index < -0.39 is 10.0 Å². The number of hydrogen-bond donors (Lipinski definition) is 2. The molecule has 2 heterocycles. The van der Waals surface area contributed by atoms with Crippen LogP contribution in [0, 0.1) is 6.92 Å². The zero-order valence-electron chi connectivity index (χ0n) is 19.2. The first-order chi connectivity index (χ1) is 15.9. The average Bonchev–Trinajstić information content (AvgIpc) is 3.17. The molecule has 8 heteroatoms. The van der Waals surface area contributed by atoms with Crippen molar-refractivity contribution in [1.82, 2.24) is 19.3 Å². The van der Waals surface area contributed by atoms with Gasteiger partial charge < -0.3 is 10.3 Å². The molecule has 0 aliphatic heterocycles. The van der Waals surface area contributed by atoms with Gasteiger partial charge in [-0.15, -0.1) is 0 Å². The minimum absolute atomic E-state index is 0.296. The molecule has 0 aliphatic carbocycles. The summed E-state index contributed by atoms with van der Waals surface area (Å²) in [7, 11) is -3.49. The standard InChI is InChI=1S/C25H31N5O2S/c1-3-4-11-22-29-23-24(20-9-5-6-10-21(20)28-25(23)26)30(22)17-8-7-16-27-33(31,32)19-14-12-18(2)13-15-19/h5-6,9-10,12-15,27H,3-4,7-8,11,16-17H2,1-2H3,(H2,26,28). The van der Waals surface area contributed by atoms with Gasteiger partial charge in [0.05, 0.1) is 15.9 Å². The fourth-order valence-corrected chi connectivity index (χ4v) is 5.15. The SMILES string of the molecule is CCCCc1nc2c(N)nc3ccccc3c2n1CCCCNS(=O)(=O)c1ccc(C)cc1. The zero-order valence-corrected chi connectivity index (χ0v) is 20.0. The van der Waals surface area contributed by atoms with Crippen molar-refractivity contribution in [3.05, 3.63) is 59.9 Å². The van der Waals surface area contributed by atoms with Crippen LogP contribution in [-0.4, -0.2) is 29.5 Å². The number of sulfonamides is 1. The molecule has 174 valence electrons. The molecule has 33 heavy (non-hydrogen) atoms. The van der Waals surface area contributed by atoms with Crippen molar-refractivity contribution in [1.29, 1.82) is 0 Å². The molecule has 7 nitrogen and oxygen atoms in total. The van der Waals surface area contributed by atoms with E-state index in [4.69, 9.17) is 10.7 Å². The molecular formula is C25H31N5O2S. The van der Waals surface area contributed by atoms with E-state index in [0.717, 1.165) is 72.0 Å². The highest BCUT2D eigenvalue weighted by Crippen LogP contribution is 2.29. The molecule has 0 spiro atoms. The lowest BCUT2D eigenvalue weighted by Crippen LogP contribution is -2.25. The minimum Gasteiger partial charge on any atom is -0.382 e. The topological polar surface area (TPSA) is 103 Å². The maximum atomic E-state index is 12.5. The van der Waals surface area contributed by atoms with E-state index in [0.29, 0.717) is 17.3 Å². The molecule has 0 bridgehead atoms. The van der Waals surface area contributed by atoms with Crippen LogP contribution in [0.3, 0.4) is 0 Å². The number of nitrogens with two attached hydrogens (primary N) is 1. The molecule has 0 fully saturated rings. The number of anilines is 1. The molecular weight excluding hydrogens is 434 g/mol. The Balaban J connectivity index is 1.51. The monoisotopic (exact) mass is 465 g/mol. The van der Waals surface area contributed by atoms with Gasteiger partial charge in [0.2, 0.25) is 10.0 Å². The highest BCUT2D eigenvalue weighted by atomic mass is 32.2. The van der Waals surface area contributed by atoms with E-state index in [2.05, 4.69) is 27.3 Å². The second-order valence-electron chi connectivity index (χ2n) is 8.41. The normalized spacial score (nSPS) is 12.1. The summed E-state index contributed by atoms with van der Waals surface area (Å²) in [5.41, 5.74) is 9.92. The van der Waals surface area contributed by atoms with Crippen LogP contribution in [0.4, 0.5) is 5.82 Å². The Morgan fingerprint density at radius 3 is 2.52 bits per heavy atom. The second kappa shape index (κ2) is 9.89. The summed E-state index contributed by atoms with van der Waals surface area (Å²) >= 11 is 0. The number of imidazole rings is 1. The molecule has 4 rings (SSSR count). The number of unbranched alkanes of at least 4 members (excludes halogenated alkanes) is 2. The molecule has 2 aromatic heterocycles. The van der Waals surface area contributed by atoms with E-state index in [1.165, 1.54) is 0 Å². The number of nitrogens with zero attached hydrogens (tertiary/aromatic N) is 3. The summed E-state index contributed by atoms with van der Waals surface area (Å²) in [6.07, 6.45) is 4.54. The molecule has 0 saturated carbocycles. The van der Waals surface area contributed by atoms with Gasteiger partial charge in [0.15, 0.2) is 5.82 Å². The van der Waals surface area contributed by atoms with E-state index in [1.807, 2.05) is 25.1 Å². The van der Waals surface area contributed by atoms with Gasteiger partial charge in [-0.2, -0.15) is 0 Å². The lowest BCUT2D eigenvalue weighted by molar-refractivity contribution is 0.561. The van der Waals surface area contributed by atoms with Crippen LogP contribution in [0.15, 0.2) is 53.4 Å². The maximum Gasteiger partial charge on any atom is 0.240 e. The number of fused-ring (bicyclic) bond motifs is 3. The van der Waals surface area contributed by atoms with Crippen LogP contribution in [0.1, 0.15) is 44.0 Å². The summed E-state index contributed by atoms with van der Waals surface area (Å²) in [6.45, 7) is 5.23. The Hall–Kier alpha value is -2.97. The number of aromatic nitrogens is 3. The Kier molecular flexibility index (Phi) is 6.95. The van der Waals surface area contributed by atoms with Crippen LogP contribution in [0.25, 0.3) is 21.9 Å². The smallest absolute Gasteiger partial charge is 0.240 e. The quantitative estimate of drug-likeness (QED) is 0.334. The van der Waals surface area contributed by atoms with Crippen LogP contribution in [0.2, 0.25) is 0 Å². The highest BCUT2D eigenvalue weighted by Gasteiger charge is 2.17. The van der Waals surface area contributed by atoms with Gasteiger partial charge >= 0.3 is 0 Å². The molecule has 0 radical (unpaired) electrons. The van der Waals surface area contributed by atoms with E-state index >= 15 is 0 Å². The third-order valence-corrected chi connectivity index (χ3v) is 7.35. The number of pyridine rings is 1. The van der Waals surface area contributed by atoms with Crippen molar-refractivity contribution < 1.29 is 8.42 Å². The summed E-state index contributed by atoms with van der Waals surface area (Å²) in [5.74, 6) is 1.46.